The van der Waals surface area contributed by atoms with Crippen molar-refractivity contribution in [3.05, 3.63) is 72.8 Å². The van der Waals surface area contributed by atoms with E-state index in [4.69, 9.17) is 9.15 Å². The molecule has 0 saturated heterocycles. The van der Waals surface area contributed by atoms with Crippen LogP contribution < -0.4 is 10.1 Å². The molecule has 0 aliphatic heterocycles. The number of para-hydroxylation sites is 1. The van der Waals surface area contributed by atoms with Gasteiger partial charge in [-0.25, -0.2) is 4.79 Å². The predicted molar refractivity (Wildman–Crippen MR) is 108 cm³/mol. The molecule has 2 aromatic heterocycles. The lowest BCUT2D eigenvalue weighted by molar-refractivity contribution is -0.118. The van der Waals surface area contributed by atoms with Crippen LogP contribution in [0.3, 0.4) is 0 Å². The van der Waals surface area contributed by atoms with Gasteiger partial charge in [0.1, 0.15) is 5.75 Å². The maximum atomic E-state index is 12.3. The maximum absolute atomic E-state index is 12.3. The highest BCUT2D eigenvalue weighted by Crippen LogP contribution is 2.32. The normalized spacial score (nSPS) is 10.8. The van der Waals surface area contributed by atoms with E-state index in [1.807, 2.05) is 42.1 Å². The summed E-state index contributed by atoms with van der Waals surface area (Å²) in [7, 11) is 1.90. The van der Waals surface area contributed by atoms with Gasteiger partial charge in [-0.2, -0.15) is 0 Å². The van der Waals surface area contributed by atoms with Crippen LogP contribution in [0.1, 0.15) is 10.4 Å². The van der Waals surface area contributed by atoms with E-state index < -0.39 is 11.9 Å². The summed E-state index contributed by atoms with van der Waals surface area (Å²) in [4.78, 5) is 23.6. The van der Waals surface area contributed by atoms with Crippen molar-refractivity contribution in [2.24, 2.45) is 7.05 Å². The fourth-order valence-corrected chi connectivity index (χ4v) is 3.19. The molecule has 0 unspecified atom stereocenters. The van der Waals surface area contributed by atoms with Crippen LogP contribution in [0, 0.1) is 0 Å². The van der Waals surface area contributed by atoms with Gasteiger partial charge in [0.05, 0.1) is 29.3 Å². The molecule has 0 radical (unpaired) electrons. The summed E-state index contributed by atoms with van der Waals surface area (Å²) in [6.07, 6.45) is 5.08. The van der Waals surface area contributed by atoms with Crippen molar-refractivity contribution >= 4 is 28.5 Å². The number of carboxylic acids is 1. The number of hydrogen-bond acceptors (Lipinski definition) is 4. The molecule has 4 aromatic rings. The number of hydrogen-bond donors (Lipinski definition) is 2. The van der Waals surface area contributed by atoms with E-state index in [-0.39, 0.29) is 17.9 Å². The van der Waals surface area contributed by atoms with Crippen LogP contribution in [0.15, 0.2) is 71.7 Å². The van der Waals surface area contributed by atoms with Gasteiger partial charge in [0, 0.05) is 24.2 Å². The first kappa shape index (κ1) is 18.4. The molecule has 2 aromatic carbocycles. The molecule has 0 fully saturated rings. The molecule has 0 spiro atoms. The average Bonchev–Trinajstić information content (AvgIpc) is 3.35. The van der Waals surface area contributed by atoms with Crippen molar-refractivity contribution in [3.8, 4) is 16.9 Å². The number of carboxylic acid groups (broad SMARTS) is 1. The number of amides is 1. The third kappa shape index (κ3) is 3.70. The molecule has 29 heavy (non-hydrogen) atoms. The molecule has 7 nitrogen and oxygen atoms in total. The van der Waals surface area contributed by atoms with E-state index in [1.54, 1.807) is 24.7 Å². The minimum atomic E-state index is -1.11. The summed E-state index contributed by atoms with van der Waals surface area (Å²) in [5.41, 5.74) is 3.14. The topological polar surface area (TPSA) is 93.7 Å². The van der Waals surface area contributed by atoms with Gasteiger partial charge in [-0.05, 0) is 35.9 Å². The van der Waals surface area contributed by atoms with E-state index in [0.717, 1.165) is 22.0 Å². The first-order chi connectivity index (χ1) is 14.0. The highest BCUT2D eigenvalue weighted by molar-refractivity contribution is 6.01. The number of fused-ring (bicyclic) bond motifs is 1. The van der Waals surface area contributed by atoms with Crippen LogP contribution in [0.2, 0.25) is 0 Å². The van der Waals surface area contributed by atoms with Gasteiger partial charge in [-0.15, -0.1) is 0 Å². The Bertz CT molecular complexity index is 1190. The van der Waals surface area contributed by atoms with Gasteiger partial charge in [0.15, 0.2) is 6.61 Å². The number of furan rings is 1. The number of aryl methyl sites for hydroxylation is 1. The maximum Gasteiger partial charge on any atom is 0.337 e. The third-order valence-electron chi connectivity index (χ3n) is 4.60. The van der Waals surface area contributed by atoms with Gasteiger partial charge in [-0.3, -0.25) is 4.79 Å². The van der Waals surface area contributed by atoms with Crippen molar-refractivity contribution in [2.75, 3.05) is 11.9 Å². The zero-order valence-electron chi connectivity index (χ0n) is 15.6. The standard InChI is InChI=1S/C22H18N2O5/c1-24-11-20(17-10-14(6-7-19(17)24)15-8-9-28-12-15)29-13-21(25)23-18-5-3-2-4-16(18)22(26)27/h2-12H,13H2,1H3,(H,23,25)(H,26,27). The Labute approximate surface area is 166 Å². The quantitative estimate of drug-likeness (QED) is 0.516. The van der Waals surface area contributed by atoms with Gasteiger partial charge < -0.3 is 24.1 Å². The van der Waals surface area contributed by atoms with Crippen molar-refractivity contribution in [3.63, 3.8) is 0 Å². The monoisotopic (exact) mass is 390 g/mol. The summed E-state index contributed by atoms with van der Waals surface area (Å²) in [6, 6.07) is 14.1. The molecule has 0 aliphatic rings. The number of benzene rings is 2. The van der Waals surface area contributed by atoms with Gasteiger partial charge in [0.2, 0.25) is 0 Å². The third-order valence-corrected chi connectivity index (χ3v) is 4.60. The molecule has 0 aliphatic carbocycles. The summed E-state index contributed by atoms with van der Waals surface area (Å²) >= 11 is 0. The molecule has 4 rings (SSSR count). The zero-order chi connectivity index (χ0) is 20.4. The van der Waals surface area contributed by atoms with E-state index in [1.165, 1.54) is 12.1 Å². The first-order valence-corrected chi connectivity index (χ1v) is 8.89. The van der Waals surface area contributed by atoms with E-state index in [2.05, 4.69) is 5.32 Å². The van der Waals surface area contributed by atoms with Crippen molar-refractivity contribution in [2.45, 2.75) is 0 Å². The molecule has 146 valence electrons. The summed E-state index contributed by atoms with van der Waals surface area (Å²) in [6.45, 7) is -0.247. The SMILES string of the molecule is Cn1cc(OCC(=O)Nc2ccccc2C(=O)O)c2cc(-c3ccoc3)ccc21. The molecule has 0 atom stereocenters. The highest BCUT2D eigenvalue weighted by atomic mass is 16.5. The van der Waals surface area contributed by atoms with Crippen LogP contribution >= 0.6 is 0 Å². The number of nitrogens with zero attached hydrogens (tertiary/aromatic N) is 1. The molecular formula is C22H18N2O5. The van der Waals surface area contributed by atoms with Crippen LogP contribution in [0.4, 0.5) is 5.69 Å². The second-order valence-electron chi connectivity index (χ2n) is 6.54. The van der Waals surface area contributed by atoms with Crippen molar-refractivity contribution < 1.29 is 23.8 Å². The smallest absolute Gasteiger partial charge is 0.337 e. The number of nitrogens with one attached hydrogen (secondary N) is 1. The average molecular weight is 390 g/mol. The number of carbonyl (C=O) groups excluding carboxylic acids is 1. The molecule has 0 bridgehead atoms. The van der Waals surface area contributed by atoms with Gasteiger partial charge in [-0.1, -0.05) is 18.2 Å². The van der Waals surface area contributed by atoms with Crippen LogP contribution in [0.5, 0.6) is 5.75 Å². The zero-order valence-corrected chi connectivity index (χ0v) is 15.6. The van der Waals surface area contributed by atoms with Gasteiger partial charge >= 0.3 is 5.97 Å². The largest absolute Gasteiger partial charge is 0.482 e. The summed E-state index contributed by atoms with van der Waals surface area (Å²) in [5.74, 6) is -0.987. The Kier molecular flexibility index (Phi) is 4.78. The van der Waals surface area contributed by atoms with Crippen LogP contribution in [-0.4, -0.2) is 28.2 Å². The van der Waals surface area contributed by atoms with E-state index >= 15 is 0 Å². The highest BCUT2D eigenvalue weighted by Gasteiger charge is 2.14. The van der Waals surface area contributed by atoms with Crippen molar-refractivity contribution in [1.29, 1.82) is 0 Å². The van der Waals surface area contributed by atoms with Crippen molar-refractivity contribution in [1.82, 2.24) is 4.57 Å². The number of aromatic carboxylic acids is 1. The Morgan fingerprint density at radius 3 is 2.72 bits per heavy atom. The van der Waals surface area contributed by atoms with Gasteiger partial charge in [0.25, 0.3) is 5.91 Å². The lowest BCUT2D eigenvalue weighted by atomic mass is 10.1. The fourth-order valence-electron chi connectivity index (χ4n) is 3.19. The lowest BCUT2D eigenvalue weighted by Crippen LogP contribution is -2.21. The molecule has 0 saturated carbocycles. The lowest BCUT2D eigenvalue weighted by Gasteiger charge is -2.09. The van der Waals surface area contributed by atoms with Crippen LogP contribution in [0.25, 0.3) is 22.0 Å². The van der Waals surface area contributed by atoms with E-state index in [9.17, 15) is 14.7 Å². The molecule has 7 heteroatoms. The molecule has 1 amide bonds. The summed E-state index contributed by atoms with van der Waals surface area (Å²) in [5, 5.41) is 12.7. The number of rotatable bonds is 6. The van der Waals surface area contributed by atoms with Crippen LogP contribution in [-0.2, 0) is 11.8 Å². The fraction of sp³-hybridized carbons (Fsp3) is 0.0909. The molecular weight excluding hydrogens is 372 g/mol. The second kappa shape index (κ2) is 7.55. The Morgan fingerprint density at radius 1 is 1.14 bits per heavy atom. The number of carbonyl (C=O) groups is 2. The Hall–Kier alpha value is -4.00. The number of aromatic nitrogens is 1. The minimum absolute atomic E-state index is 0.0239. The Balaban J connectivity index is 1.53. The van der Waals surface area contributed by atoms with E-state index in [0.29, 0.717) is 5.75 Å². The second-order valence-corrected chi connectivity index (χ2v) is 6.54. The Morgan fingerprint density at radius 2 is 1.97 bits per heavy atom. The predicted octanol–water partition coefficient (Wildman–Crippen LogP) is 4.15. The molecule has 2 heterocycles. The number of ether oxygens (including phenoxy) is 1. The molecule has 2 N–H and O–H groups in total. The first-order valence-electron chi connectivity index (χ1n) is 8.89. The summed E-state index contributed by atoms with van der Waals surface area (Å²) < 4.78 is 12.8. The minimum Gasteiger partial charge on any atom is -0.482 e. The number of anilines is 1.